The molecular weight excluding hydrogens is 293 g/mol. The van der Waals surface area contributed by atoms with Gasteiger partial charge in [-0.3, -0.25) is 4.79 Å². The minimum absolute atomic E-state index is 0.0283. The highest BCUT2D eigenvalue weighted by Crippen LogP contribution is 2.24. The number of benzene rings is 2. The predicted octanol–water partition coefficient (Wildman–Crippen LogP) is 2.83. The zero-order chi connectivity index (χ0) is 15.0. The molecule has 3 rings (SSSR count). The summed E-state index contributed by atoms with van der Waals surface area (Å²) in [5.41, 5.74) is 0.435. The Balaban J connectivity index is 2.32. The zero-order valence-electron chi connectivity index (χ0n) is 10.7. The van der Waals surface area contributed by atoms with Crippen LogP contribution in [0.3, 0.4) is 0 Å². The Kier molecular flexibility index (Phi) is 3.10. The van der Waals surface area contributed by atoms with E-state index in [-0.39, 0.29) is 10.6 Å². The third kappa shape index (κ3) is 2.13. The highest BCUT2D eigenvalue weighted by atomic mass is 32.2. The quantitative estimate of drug-likeness (QED) is 0.699. The molecule has 0 bridgehead atoms. The molecule has 3 aromatic rings. The maximum Gasteiger partial charge on any atom is 0.268 e. The Morgan fingerprint density at radius 2 is 1.67 bits per heavy atom. The number of aldehydes is 1. The first-order chi connectivity index (χ1) is 10.0. The summed E-state index contributed by atoms with van der Waals surface area (Å²) in [5.74, 6) is -0.526. The van der Waals surface area contributed by atoms with Crippen molar-refractivity contribution < 1.29 is 17.6 Å². The molecule has 0 radical (unpaired) electrons. The third-order valence-corrected chi connectivity index (χ3v) is 4.92. The maximum absolute atomic E-state index is 13.0. The summed E-state index contributed by atoms with van der Waals surface area (Å²) >= 11 is 0. The predicted molar refractivity (Wildman–Crippen MR) is 76.3 cm³/mol. The van der Waals surface area contributed by atoms with E-state index < -0.39 is 15.8 Å². The average Bonchev–Trinajstić information content (AvgIpc) is 2.87. The first-order valence-electron chi connectivity index (χ1n) is 6.11. The van der Waals surface area contributed by atoms with Gasteiger partial charge in [0.2, 0.25) is 0 Å². The van der Waals surface area contributed by atoms with E-state index in [1.54, 1.807) is 24.3 Å². The molecule has 1 heterocycles. The first-order valence-corrected chi connectivity index (χ1v) is 7.55. The monoisotopic (exact) mass is 303 g/mol. The second-order valence-corrected chi connectivity index (χ2v) is 6.26. The van der Waals surface area contributed by atoms with Gasteiger partial charge in [-0.05, 0) is 36.4 Å². The number of para-hydroxylation sites is 1. The van der Waals surface area contributed by atoms with Gasteiger partial charge in [-0.1, -0.05) is 18.2 Å². The van der Waals surface area contributed by atoms with Crippen molar-refractivity contribution in [1.29, 1.82) is 0 Å². The Morgan fingerprint density at radius 1 is 1.00 bits per heavy atom. The van der Waals surface area contributed by atoms with Gasteiger partial charge in [0.1, 0.15) is 5.82 Å². The van der Waals surface area contributed by atoms with Gasteiger partial charge >= 0.3 is 0 Å². The van der Waals surface area contributed by atoms with Crippen LogP contribution in [0.1, 0.15) is 10.5 Å². The molecular formula is C15H10FNO3S. The fourth-order valence-corrected chi connectivity index (χ4v) is 3.70. The van der Waals surface area contributed by atoms with Gasteiger partial charge in [-0.25, -0.2) is 16.8 Å². The molecule has 21 heavy (non-hydrogen) atoms. The number of aromatic nitrogens is 1. The number of carbonyl (C=O) groups is 1. The number of hydrogen-bond donors (Lipinski definition) is 0. The lowest BCUT2D eigenvalue weighted by Crippen LogP contribution is -2.15. The summed E-state index contributed by atoms with van der Waals surface area (Å²) in [5, 5.41) is 0.644. The van der Waals surface area contributed by atoms with Gasteiger partial charge < -0.3 is 0 Å². The summed E-state index contributed by atoms with van der Waals surface area (Å²) in [7, 11) is -3.96. The minimum Gasteiger partial charge on any atom is -0.296 e. The van der Waals surface area contributed by atoms with Gasteiger partial charge in [0.05, 0.1) is 16.1 Å². The molecule has 1 aromatic heterocycles. The summed E-state index contributed by atoms with van der Waals surface area (Å²) in [6.07, 6.45) is 0.487. The minimum atomic E-state index is -3.96. The van der Waals surface area contributed by atoms with Crippen LogP contribution in [-0.4, -0.2) is 18.7 Å². The van der Waals surface area contributed by atoms with Gasteiger partial charge in [-0.15, -0.1) is 0 Å². The van der Waals surface area contributed by atoms with Crippen LogP contribution in [-0.2, 0) is 10.0 Å². The van der Waals surface area contributed by atoms with Crippen LogP contribution in [0.15, 0.2) is 59.5 Å². The standard InChI is InChI=1S/C15H10FNO3S/c16-12-5-7-14(8-6-12)21(19,20)17-13(10-18)9-11-3-1-2-4-15(11)17/h1-10H. The molecule has 0 spiro atoms. The maximum atomic E-state index is 13.0. The second-order valence-electron chi connectivity index (χ2n) is 4.47. The molecule has 106 valence electrons. The molecule has 6 heteroatoms. The highest BCUT2D eigenvalue weighted by Gasteiger charge is 2.22. The number of hydrogen-bond acceptors (Lipinski definition) is 3. The van der Waals surface area contributed by atoms with Crippen molar-refractivity contribution in [3.63, 3.8) is 0 Å². The number of nitrogens with zero attached hydrogens (tertiary/aromatic N) is 1. The highest BCUT2D eigenvalue weighted by molar-refractivity contribution is 7.90. The van der Waals surface area contributed by atoms with E-state index >= 15 is 0 Å². The lowest BCUT2D eigenvalue weighted by atomic mass is 10.2. The van der Waals surface area contributed by atoms with Crippen molar-refractivity contribution in [3.05, 3.63) is 66.1 Å². The van der Waals surface area contributed by atoms with Crippen molar-refractivity contribution in [2.45, 2.75) is 4.90 Å². The molecule has 0 saturated carbocycles. The largest absolute Gasteiger partial charge is 0.296 e. The van der Waals surface area contributed by atoms with E-state index in [2.05, 4.69) is 0 Å². The smallest absolute Gasteiger partial charge is 0.268 e. The average molecular weight is 303 g/mol. The Hall–Kier alpha value is -2.47. The molecule has 0 fully saturated rings. The van der Waals surface area contributed by atoms with E-state index in [1.807, 2.05) is 0 Å². The second kappa shape index (κ2) is 4.82. The molecule has 0 N–H and O–H groups in total. The third-order valence-electron chi connectivity index (χ3n) is 3.17. The first kappa shape index (κ1) is 13.5. The molecule has 0 amide bonds. The number of carbonyl (C=O) groups excluding carboxylic acids is 1. The van der Waals surface area contributed by atoms with Gasteiger partial charge in [0, 0.05) is 5.39 Å². The van der Waals surface area contributed by atoms with Crippen LogP contribution >= 0.6 is 0 Å². The van der Waals surface area contributed by atoms with E-state index in [0.717, 1.165) is 16.1 Å². The Bertz CT molecular complexity index is 927. The molecule has 0 aliphatic carbocycles. The molecule has 0 aliphatic heterocycles. The number of halogens is 1. The summed E-state index contributed by atoms with van der Waals surface area (Å²) in [6, 6.07) is 12.8. The van der Waals surface area contributed by atoms with E-state index in [9.17, 15) is 17.6 Å². The molecule has 2 aromatic carbocycles. The fourth-order valence-electron chi connectivity index (χ4n) is 2.21. The normalized spacial score (nSPS) is 11.7. The fraction of sp³-hybridized carbons (Fsp3) is 0. The van der Waals surface area contributed by atoms with Crippen LogP contribution in [0.4, 0.5) is 4.39 Å². The van der Waals surface area contributed by atoms with Gasteiger partial charge in [-0.2, -0.15) is 0 Å². The molecule has 4 nitrogen and oxygen atoms in total. The lowest BCUT2D eigenvalue weighted by molar-refractivity contribution is 0.111. The van der Waals surface area contributed by atoms with E-state index in [0.29, 0.717) is 17.2 Å². The summed E-state index contributed by atoms with van der Waals surface area (Å²) in [4.78, 5) is 11.1. The number of fused-ring (bicyclic) bond motifs is 1. The summed E-state index contributed by atoms with van der Waals surface area (Å²) < 4.78 is 39.3. The van der Waals surface area contributed by atoms with Crippen molar-refractivity contribution in [2.24, 2.45) is 0 Å². The van der Waals surface area contributed by atoms with Crippen LogP contribution in [0.25, 0.3) is 10.9 Å². The van der Waals surface area contributed by atoms with Crippen LogP contribution < -0.4 is 0 Å². The van der Waals surface area contributed by atoms with Gasteiger partial charge in [0.25, 0.3) is 10.0 Å². The summed E-state index contributed by atoms with van der Waals surface area (Å²) in [6.45, 7) is 0. The molecule has 0 atom stereocenters. The van der Waals surface area contributed by atoms with Crippen molar-refractivity contribution in [3.8, 4) is 0 Å². The van der Waals surface area contributed by atoms with Crippen molar-refractivity contribution in [2.75, 3.05) is 0 Å². The van der Waals surface area contributed by atoms with E-state index in [4.69, 9.17) is 0 Å². The van der Waals surface area contributed by atoms with Crippen LogP contribution in [0.5, 0.6) is 0 Å². The topological polar surface area (TPSA) is 56.1 Å². The van der Waals surface area contributed by atoms with Crippen molar-refractivity contribution >= 4 is 27.2 Å². The van der Waals surface area contributed by atoms with E-state index in [1.165, 1.54) is 18.2 Å². The molecule has 0 aliphatic rings. The lowest BCUT2D eigenvalue weighted by Gasteiger charge is -2.09. The van der Waals surface area contributed by atoms with Crippen molar-refractivity contribution in [1.82, 2.24) is 3.97 Å². The molecule has 0 unspecified atom stereocenters. The van der Waals surface area contributed by atoms with Crippen LogP contribution in [0, 0.1) is 5.82 Å². The Labute approximate surface area is 120 Å². The SMILES string of the molecule is O=Cc1cc2ccccc2n1S(=O)(=O)c1ccc(F)cc1. The van der Waals surface area contributed by atoms with Crippen LogP contribution in [0.2, 0.25) is 0 Å². The Morgan fingerprint density at radius 3 is 2.33 bits per heavy atom. The van der Waals surface area contributed by atoms with Gasteiger partial charge in [0.15, 0.2) is 6.29 Å². The zero-order valence-corrected chi connectivity index (χ0v) is 11.5. The number of rotatable bonds is 3. The molecule has 0 saturated heterocycles.